The Labute approximate surface area is 143 Å². The first-order chi connectivity index (χ1) is 11.7. The van der Waals surface area contributed by atoms with Crippen molar-refractivity contribution < 1.29 is 9.59 Å². The topological polar surface area (TPSA) is 58.5 Å². The molecule has 0 radical (unpaired) electrons. The highest BCUT2D eigenvalue weighted by Crippen LogP contribution is 2.29. The summed E-state index contributed by atoms with van der Waals surface area (Å²) in [7, 11) is 0. The number of amides is 2. The second kappa shape index (κ2) is 7.73. The van der Waals surface area contributed by atoms with Crippen LogP contribution in [0.4, 0.5) is 0 Å². The van der Waals surface area contributed by atoms with Gasteiger partial charge in [-0.3, -0.25) is 9.59 Å². The fraction of sp³-hybridized carbons (Fsp3) is 0.550. The van der Waals surface area contributed by atoms with Crippen LogP contribution in [0.15, 0.2) is 40.6 Å². The van der Waals surface area contributed by atoms with Crippen LogP contribution in [0, 0.1) is 11.8 Å². The van der Waals surface area contributed by atoms with Crippen LogP contribution in [-0.2, 0) is 9.59 Å². The summed E-state index contributed by atoms with van der Waals surface area (Å²) in [4.78, 5) is 28.1. The van der Waals surface area contributed by atoms with Gasteiger partial charge in [0.05, 0.1) is 5.71 Å². The lowest BCUT2D eigenvalue weighted by Gasteiger charge is -2.27. The van der Waals surface area contributed by atoms with Gasteiger partial charge in [-0.2, -0.15) is 0 Å². The standard InChI is InChI=1S/C20H26N2O2/c1-2-15-12-20(24)22-18-13-16(9-10-17(15)18)21-19(23)11-8-14-6-4-3-5-7-14/h9-10,12-14,17H,2-8,11H2,1H3,(H,22,24). The van der Waals surface area contributed by atoms with Gasteiger partial charge in [0, 0.05) is 24.1 Å². The van der Waals surface area contributed by atoms with Crippen molar-refractivity contribution in [3.8, 4) is 0 Å². The maximum Gasteiger partial charge on any atom is 0.248 e. The normalized spacial score (nSPS) is 25.8. The molecule has 1 fully saturated rings. The fourth-order valence-corrected chi connectivity index (χ4v) is 3.86. The molecule has 3 aliphatic rings. The summed E-state index contributed by atoms with van der Waals surface area (Å²) < 4.78 is 0. The van der Waals surface area contributed by atoms with E-state index in [1.807, 2.05) is 25.2 Å². The monoisotopic (exact) mass is 326 g/mol. The Morgan fingerprint density at radius 3 is 2.79 bits per heavy atom. The number of carbonyl (C=O) groups is 2. The van der Waals surface area contributed by atoms with Crippen molar-refractivity contribution in [3.63, 3.8) is 0 Å². The first-order valence-corrected chi connectivity index (χ1v) is 9.18. The largest absolute Gasteiger partial charge is 0.325 e. The van der Waals surface area contributed by atoms with E-state index in [0.29, 0.717) is 18.1 Å². The Morgan fingerprint density at radius 2 is 2.04 bits per heavy atom. The van der Waals surface area contributed by atoms with E-state index in [2.05, 4.69) is 10.3 Å². The maximum absolute atomic E-state index is 12.1. The Kier molecular flexibility index (Phi) is 5.44. The minimum Gasteiger partial charge on any atom is -0.325 e. The van der Waals surface area contributed by atoms with Crippen LogP contribution in [0.3, 0.4) is 0 Å². The third-order valence-electron chi connectivity index (χ3n) is 5.23. The van der Waals surface area contributed by atoms with Crippen LogP contribution in [-0.4, -0.2) is 17.5 Å². The zero-order valence-electron chi connectivity index (χ0n) is 14.4. The number of nitrogens with zero attached hydrogens (tertiary/aromatic N) is 1. The second-order valence-corrected chi connectivity index (χ2v) is 6.97. The maximum atomic E-state index is 12.1. The van der Waals surface area contributed by atoms with Gasteiger partial charge in [0.25, 0.3) is 0 Å². The number of carbonyl (C=O) groups excluding carboxylic acids is 2. The van der Waals surface area contributed by atoms with Crippen molar-refractivity contribution >= 4 is 17.5 Å². The molecule has 0 aromatic rings. The molecule has 4 heteroatoms. The molecule has 1 heterocycles. The molecule has 0 aromatic heterocycles. The average molecular weight is 326 g/mol. The summed E-state index contributed by atoms with van der Waals surface area (Å²) in [6.45, 7) is 2.05. The quantitative estimate of drug-likeness (QED) is 0.853. The first-order valence-electron chi connectivity index (χ1n) is 9.18. The van der Waals surface area contributed by atoms with Gasteiger partial charge < -0.3 is 5.32 Å². The average Bonchev–Trinajstić information content (AvgIpc) is 2.59. The SMILES string of the molecule is CCC1=CC(=O)NC2=CC(=NC(=O)CCC3CCCCC3)C=CC12. The summed E-state index contributed by atoms with van der Waals surface area (Å²) in [5.74, 6) is 0.669. The summed E-state index contributed by atoms with van der Waals surface area (Å²) >= 11 is 0. The third kappa shape index (κ3) is 4.11. The highest BCUT2D eigenvalue weighted by atomic mass is 16.2. The molecule has 3 rings (SSSR count). The van der Waals surface area contributed by atoms with Crippen LogP contribution in [0.25, 0.3) is 0 Å². The second-order valence-electron chi connectivity index (χ2n) is 6.97. The van der Waals surface area contributed by atoms with Crippen LogP contribution < -0.4 is 5.32 Å². The van der Waals surface area contributed by atoms with Gasteiger partial charge in [-0.05, 0) is 30.9 Å². The predicted octanol–water partition coefficient (Wildman–Crippen LogP) is 3.85. The van der Waals surface area contributed by atoms with Gasteiger partial charge in [-0.25, -0.2) is 4.99 Å². The Morgan fingerprint density at radius 1 is 1.25 bits per heavy atom. The molecule has 24 heavy (non-hydrogen) atoms. The van der Waals surface area contributed by atoms with Crippen LogP contribution in [0.1, 0.15) is 58.3 Å². The molecule has 1 saturated carbocycles. The molecule has 1 N–H and O–H groups in total. The van der Waals surface area contributed by atoms with Crippen molar-refractivity contribution in [3.05, 3.63) is 35.6 Å². The predicted molar refractivity (Wildman–Crippen MR) is 95.5 cm³/mol. The number of aliphatic imine (C=N–C) groups is 1. The van der Waals surface area contributed by atoms with Crippen molar-refractivity contribution in [2.45, 2.75) is 58.3 Å². The first kappa shape index (κ1) is 16.9. The van der Waals surface area contributed by atoms with E-state index in [9.17, 15) is 9.59 Å². The lowest BCUT2D eigenvalue weighted by atomic mass is 9.86. The van der Waals surface area contributed by atoms with Gasteiger partial charge in [-0.1, -0.05) is 50.7 Å². The van der Waals surface area contributed by atoms with Gasteiger partial charge in [0.1, 0.15) is 0 Å². The number of hydrogen-bond acceptors (Lipinski definition) is 2. The van der Waals surface area contributed by atoms with E-state index in [1.165, 1.54) is 32.1 Å². The van der Waals surface area contributed by atoms with Gasteiger partial charge in [0.15, 0.2) is 0 Å². The van der Waals surface area contributed by atoms with Gasteiger partial charge >= 0.3 is 0 Å². The molecule has 128 valence electrons. The number of allylic oxidation sites excluding steroid dienone is 3. The van der Waals surface area contributed by atoms with E-state index in [-0.39, 0.29) is 17.7 Å². The molecule has 2 amide bonds. The molecule has 0 bridgehead atoms. The van der Waals surface area contributed by atoms with E-state index >= 15 is 0 Å². The molecule has 0 saturated heterocycles. The summed E-state index contributed by atoms with van der Waals surface area (Å²) in [6.07, 6.45) is 16.2. The highest BCUT2D eigenvalue weighted by Gasteiger charge is 2.25. The number of nitrogens with one attached hydrogen (secondary N) is 1. The molecule has 2 aliphatic carbocycles. The van der Waals surface area contributed by atoms with Crippen LogP contribution in [0.5, 0.6) is 0 Å². The van der Waals surface area contributed by atoms with Crippen LogP contribution >= 0.6 is 0 Å². The summed E-state index contributed by atoms with van der Waals surface area (Å²) in [5, 5.41) is 2.87. The highest BCUT2D eigenvalue weighted by molar-refractivity contribution is 6.11. The third-order valence-corrected chi connectivity index (χ3v) is 5.23. The minimum absolute atomic E-state index is 0.0519. The van der Waals surface area contributed by atoms with Crippen molar-refractivity contribution in [2.75, 3.05) is 0 Å². The fourth-order valence-electron chi connectivity index (χ4n) is 3.86. The molecular weight excluding hydrogens is 300 g/mol. The molecule has 4 nitrogen and oxygen atoms in total. The van der Waals surface area contributed by atoms with Crippen molar-refractivity contribution in [1.29, 1.82) is 0 Å². The Hall–Kier alpha value is -1.97. The summed E-state index contributed by atoms with van der Waals surface area (Å²) in [6, 6.07) is 0. The molecule has 1 aliphatic heterocycles. The molecule has 1 unspecified atom stereocenters. The number of hydrogen-bond donors (Lipinski definition) is 1. The zero-order valence-corrected chi connectivity index (χ0v) is 14.4. The molecule has 1 atom stereocenters. The minimum atomic E-state index is -0.0902. The lowest BCUT2D eigenvalue weighted by Crippen LogP contribution is -2.33. The lowest BCUT2D eigenvalue weighted by molar-refractivity contribution is -0.118. The zero-order chi connectivity index (χ0) is 16.9. The molecule has 0 spiro atoms. The van der Waals surface area contributed by atoms with Gasteiger partial charge in [0.2, 0.25) is 11.8 Å². The van der Waals surface area contributed by atoms with Crippen molar-refractivity contribution in [1.82, 2.24) is 5.32 Å². The van der Waals surface area contributed by atoms with E-state index in [4.69, 9.17) is 0 Å². The smallest absolute Gasteiger partial charge is 0.248 e. The van der Waals surface area contributed by atoms with E-state index in [1.54, 1.807) is 6.08 Å². The molecule has 0 aromatic carbocycles. The molecular formula is C20H26N2O2. The Balaban J connectivity index is 1.61. The van der Waals surface area contributed by atoms with E-state index in [0.717, 1.165) is 24.1 Å². The van der Waals surface area contributed by atoms with E-state index < -0.39 is 0 Å². The van der Waals surface area contributed by atoms with Gasteiger partial charge in [-0.15, -0.1) is 0 Å². The van der Waals surface area contributed by atoms with Crippen molar-refractivity contribution in [2.24, 2.45) is 16.8 Å². The number of rotatable bonds is 4. The van der Waals surface area contributed by atoms with Crippen LogP contribution in [0.2, 0.25) is 0 Å². The Bertz CT molecular complexity index is 634. The summed E-state index contributed by atoms with van der Waals surface area (Å²) in [5.41, 5.74) is 2.58. The number of fused-ring (bicyclic) bond motifs is 1.